The Labute approximate surface area is 158 Å². The SMILES string of the molecule is N#Cc1cccc(C(=O)NCCC(c2ccc3c(c2)OCCO3)C2CC2)c1. The first-order chi connectivity index (χ1) is 13.2. The Morgan fingerprint density at radius 2 is 1.96 bits per heavy atom. The summed E-state index contributed by atoms with van der Waals surface area (Å²) in [7, 11) is 0. The fraction of sp³-hybridized carbons (Fsp3) is 0.364. The molecule has 5 nitrogen and oxygen atoms in total. The summed E-state index contributed by atoms with van der Waals surface area (Å²) in [6.45, 7) is 1.78. The molecule has 1 fully saturated rings. The number of nitrogens with one attached hydrogen (secondary N) is 1. The van der Waals surface area contributed by atoms with Crippen LogP contribution in [0, 0.1) is 17.2 Å². The van der Waals surface area contributed by atoms with Gasteiger partial charge in [-0.1, -0.05) is 12.1 Å². The van der Waals surface area contributed by atoms with Crippen molar-refractivity contribution in [1.29, 1.82) is 5.26 Å². The number of rotatable bonds is 6. The predicted molar refractivity (Wildman–Crippen MR) is 101 cm³/mol. The van der Waals surface area contributed by atoms with Crippen LogP contribution in [0.15, 0.2) is 42.5 Å². The van der Waals surface area contributed by atoms with Crippen molar-refractivity contribution in [3.63, 3.8) is 0 Å². The molecule has 0 saturated heterocycles. The first-order valence-corrected chi connectivity index (χ1v) is 9.42. The molecule has 1 unspecified atom stereocenters. The second kappa shape index (κ2) is 7.71. The average Bonchev–Trinajstić information content (AvgIpc) is 3.56. The maximum Gasteiger partial charge on any atom is 0.251 e. The molecule has 0 radical (unpaired) electrons. The summed E-state index contributed by atoms with van der Waals surface area (Å²) in [4.78, 5) is 12.4. The van der Waals surface area contributed by atoms with E-state index in [2.05, 4.69) is 23.5 Å². The highest BCUT2D eigenvalue weighted by Crippen LogP contribution is 2.46. The van der Waals surface area contributed by atoms with E-state index in [1.807, 2.05) is 6.07 Å². The Hall–Kier alpha value is -3.00. The molecule has 1 amide bonds. The number of amides is 1. The molecule has 0 spiro atoms. The molecule has 1 aliphatic heterocycles. The Kier molecular flexibility index (Phi) is 4.97. The van der Waals surface area contributed by atoms with Crippen LogP contribution in [-0.2, 0) is 0 Å². The van der Waals surface area contributed by atoms with Crippen LogP contribution in [-0.4, -0.2) is 25.7 Å². The quantitative estimate of drug-likeness (QED) is 0.852. The molecule has 2 aliphatic rings. The van der Waals surface area contributed by atoms with Crippen LogP contribution in [0.4, 0.5) is 0 Å². The van der Waals surface area contributed by atoms with Crippen LogP contribution in [0.1, 0.15) is 46.7 Å². The molecular formula is C22H22N2O3. The summed E-state index contributed by atoms with van der Waals surface area (Å²) in [5.41, 5.74) is 2.27. The van der Waals surface area contributed by atoms with Crippen LogP contribution < -0.4 is 14.8 Å². The molecule has 4 rings (SSSR count). The lowest BCUT2D eigenvalue weighted by molar-refractivity contribution is 0.0952. The molecule has 2 aromatic carbocycles. The molecule has 5 heteroatoms. The minimum atomic E-state index is -0.135. The highest BCUT2D eigenvalue weighted by molar-refractivity contribution is 5.94. The summed E-state index contributed by atoms with van der Waals surface area (Å²) < 4.78 is 11.3. The normalized spacial score (nSPS) is 16.3. The van der Waals surface area contributed by atoms with E-state index in [-0.39, 0.29) is 5.91 Å². The van der Waals surface area contributed by atoms with E-state index < -0.39 is 0 Å². The number of hydrogen-bond donors (Lipinski definition) is 1. The molecule has 1 atom stereocenters. The van der Waals surface area contributed by atoms with Gasteiger partial charge in [-0.05, 0) is 67.0 Å². The van der Waals surface area contributed by atoms with Crippen LogP contribution in [0.3, 0.4) is 0 Å². The highest BCUT2D eigenvalue weighted by Gasteiger charge is 2.32. The van der Waals surface area contributed by atoms with Crippen LogP contribution in [0.25, 0.3) is 0 Å². The van der Waals surface area contributed by atoms with E-state index in [0.29, 0.717) is 42.7 Å². The Balaban J connectivity index is 1.39. The lowest BCUT2D eigenvalue weighted by Gasteiger charge is -2.22. The van der Waals surface area contributed by atoms with E-state index >= 15 is 0 Å². The first kappa shape index (κ1) is 17.4. The number of fused-ring (bicyclic) bond motifs is 1. The molecule has 2 aromatic rings. The number of benzene rings is 2. The molecule has 1 heterocycles. The monoisotopic (exact) mass is 362 g/mol. The van der Waals surface area contributed by atoms with Gasteiger partial charge in [0.05, 0.1) is 11.6 Å². The topological polar surface area (TPSA) is 71.4 Å². The van der Waals surface area contributed by atoms with Gasteiger partial charge < -0.3 is 14.8 Å². The molecule has 138 valence electrons. The fourth-order valence-corrected chi connectivity index (χ4v) is 3.64. The van der Waals surface area contributed by atoms with Crippen molar-refractivity contribution in [3.8, 4) is 17.6 Å². The van der Waals surface area contributed by atoms with Crippen molar-refractivity contribution in [2.45, 2.75) is 25.2 Å². The van der Waals surface area contributed by atoms with Crippen LogP contribution >= 0.6 is 0 Å². The van der Waals surface area contributed by atoms with Gasteiger partial charge >= 0.3 is 0 Å². The maximum atomic E-state index is 12.4. The van der Waals surface area contributed by atoms with Crippen molar-refractivity contribution >= 4 is 5.91 Å². The fourth-order valence-electron chi connectivity index (χ4n) is 3.64. The van der Waals surface area contributed by atoms with E-state index in [1.54, 1.807) is 24.3 Å². The summed E-state index contributed by atoms with van der Waals surface area (Å²) >= 11 is 0. The summed E-state index contributed by atoms with van der Waals surface area (Å²) in [6, 6.07) is 15.0. The van der Waals surface area contributed by atoms with Gasteiger partial charge in [0, 0.05) is 12.1 Å². The summed E-state index contributed by atoms with van der Waals surface area (Å²) in [6.07, 6.45) is 3.35. The molecule has 0 aromatic heterocycles. The van der Waals surface area contributed by atoms with Gasteiger partial charge in [0.2, 0.25) is 0 Å². The first-order valence-electron chi connectivity index (χ1n) is 9.42. The lowest BCUT2D eigenvalue weighted by Crippen LogP contribution is -2.26. The van der Waals surface area contributed by atoms with Gasteiger partial charge in [-0.15, -0.1) is 0 Å². The highest BCUT2D eigenvalue weighted by atomic mass is 16.6. The van der Waals surface area contributed by atoms with Crippen molar-refractivity contribution in [2.24, 2.45) is 5.92 Å². The number of ether oxygens (including phenoxy) is 2. The minimum absolute atomic E-state index is 0.135. The number of nitrogens with zero attached hydrogens (tertiary/aromatic N) is 1. The Bertz CT molecular complexity index is 883. The standard InChI is InChI=1S/C22H22N2O3/c23-14-15-2-1-3-18(12-15)22(25)24-9-8-19(16-4-5-16)17-6-7-20-21(13-17)27-11-10-26-20/h1-3,6-7,12-13,16,19H,4-5,8-11H2,(H,24,25). The third-order valence-corrected chi connectivity index (χ3v) is 5.18. The second-order valence-corrected chi connectivity index (χ2v) is 7.08. The zero-order valence-corrected chi connectivity index (χ0v) is 15.1. The van der Waals surface area contributed by atoms with Crippen molar-refractivity contribution in [1.82, 2.24) is 5.32 Å². The van der Waals surface area contributed by atoms with Gasteiger partial charge in [0.1, 0.15) is 13.2 Å². The molecule has 27 heavy (non-hydrogen) atoms. The zero-order valence-electron chi connectivity index (χ0n) is 15.1. The summed E-state index contributed by atoms with van der Waals surface area (Å²) in [5.74, 6) is 2.58. The molecule has 1 N–H and O–H groups in total. The van der Waals surface area contributed by atoms with E-state index in [0.717, 1.165) is 17.9 Å². The van der Waals surface area contributed by atoms with Crippen LogP contribution in [0.5, 0.6) is 11.5 Å². The lowest BCUT2D eigenvalue weighted by atomic mass is 9.90. The average molecular weight is 362 g/mol. The van der Waals surface area contributed by atoms with Crippen molar-refractivity contribution in [2.75, 3.05) is 19.8 Å². The largest absolute Gasteiger partial charge is 0.486 e. The Morgan fingerprint density at radius 3 is 2.74 bits per heavy atom. The van der Waals surface area contributed by atoms with E-state index in [4.69, 9.17) is 14.7 Å². The maximum absolute atomic E-state index is 12.4. The smallest absolute Gasteiger partial charge is 0.251 e. The summed E-state index contributed by atoms with van der Waals surface area (Å²) in [5, 5.41) is 12.0. The predicted octanol–water partition coefficient (Wildman–Crippen LogP) is 3.64. The minimum Gasteiger partial charge on any atom is -0.486 e. The zero-order chi connectivity index (χ0) is 18.6. The molecule has 0 bridgehead atoms. The van der Waals surface area contributed by atoms with E-state index in [9.17, 15) is 4.79 Å². The number of hydrogen-bond acceptors (Lipinski definition) is 4. The van der Waals surface area contributed by atoms with Crippen LogP contribution in [0.2, 0.25) is 0 Å². The number of carbonyl (C=O) groups excluding carboxylic acids is 1. The Morgan fingerprint density at radius 1 is 1.15 bits per heavy atom. The molecule has 1 saturated carbocycles. The van der Waals surface area contributed by atoms with E-state index in [1.165, 1.54) is 18.4 Å². The van der Waals surface area contributed by atoms with Gasteiger partial charge in [-0.25, -0.2) is 0 Å². The van der Waals surface area contributed by atoms with Crippen molar-refractivity contribution < 1.29 is 14.3 Å². The van der Waals surface area contributed by atoms with Gasteiger partial charge in [-0.3, -0.25) is 4.79 Å². The third-order valence-electron chi connectivity index (χ3n) is 5.18. The number of carbonyl (C=O) groups is 1. The van der Waals surface area contributed by atoms with Crippen molar-refractivity contribution in [3.05, 3.63) is 59.2 Å². The van der Waals surface area contributed by atoms with Gasteiger partial charge in [-0.2, -0.15) is 5.26 Å². The molecule has 1 aliphatic carbocycles. The second-order valence-electron chi connectivity index (χ2n) is 7.08. The molecular weight excluding hydrogens is 340 g/mol. The van der Waals surface area contributed by atoms with Gasteiger partial charge in [0.15, 0.2) is 11.5 Å². The third kappa shape index (κ3) is 4.06. The van der Waals surface area contributed by atoms with Gasteiger partial charge in [0.25, 0.3) is 5.91 Å². The number of nitriles is 1.